The first-order valence-electron chi connectivity index (χ1n) is 5.43. The van der Waals surface area contributed by atoms with Crippen molar-refractivity contribution in [3.05, 3.63) is 29.8 Å². The molecule has 6 heteroatoms. The van der Waals surface area contributed by atoms with Gasteiger partial charge in [0.15, 0.2) is 0 Å². The minimum Gasteiger partial charge on any atom is -0.411 e. The predicted octanol–water partition coefficient (Wildman–Crippen LogP) is 2.01. The Morgan fingerprint density at radius 2 is 2.22 bits per heavy atom. The number of hydrogen-bond donors (Lipinski definition) is 1. The Morgan fingerprint density at radius 3 is 2.89 bits per heavy atom. The molecule has 2 aromatic rings. The topological polar surface area (TPSA) is 82.0 Å². The summed E-state index contributed by atoms with van der Waals surface area (Å²) in [5.74, 6) is 0.0353. The van der Waals surface area contributed by atoms with Gasteiger partial charge in [-0.3, -0.25) is 4.79 Å². The molecule has 5 nitrogen and oxygen atoms in total. The summed E-state index contributed by atoms with van der Waals surface area (Å²) in [6, 6.07) is 7.77. The molecule has 0 aliphatic carbocycles. The van der Waals surface area contributed by atoms with Crippen LogP contribution in [0.1, 0.15) is 12.5 Å². The first kappa shape index (κ1) is 12.6. The van der Waals surface area contributed by atoms with Crippen molar-refractivity contribution in [3.8, 4) is 11.5 Å². The quantitative estimate of drug-likeness (QED) is 0.853. The summed E-state index contributed by atoms with van der Waals surface area (Å²) < 4.78 is 5.48. The Labute approximate surface area is 109 Å². The van der Waals surface area contributed by atoms with E-state index >= 15 is 0 Å². The lowest BCUT2D eigenvalue weighted by atomic mass is 10.1. The summed E-state index contributed by atoms with van der Waals surface area (Å²) in [5, 5.41) is 7.79. The van der Waals surface area contributed by atoms with Crippen LogP contribution in [-0.2, 0) is 4.79 Å². The predicted molar refractivity (Wildman–Crippen MR) is 69.0 cm³/mol. The summed E-state index contributed by atoms with van der Waals surface area (Å²) in [4.78, 5) is 10.9. The van der Waals surface area contributed by atoms with Crippen molar-refractivity contribution in [2.24, 2.45) is 5.73 Å². The minimum atomic E-state index is -0.407. The SMILES string of the molecule is Cc1cccc(-c2nnc(S[C@H](C)C(N)=O)o2)c1. The van der Waals surface area contributed by atoms with Gasteiger partial charge in [-0.15, -0.1) is 10.2 Å². The van der Waals surface area contributed by atoms with Gasteiger partial charge >= 0.3 is 0 Å². The number of amides is 1. The normalized spacial score (nSPS) is 12.3. The number of rotatable bonds is 4. The van der Waals surface area contributed by atoms with E-state index in [9.17, 15) is 4.79 Å². The van der Waals surface area contributed by atoms with E-state index in [1.807, 2.05) is 31.2 Å². The molecule has 18 heavy (non-hydrogen) atoms. The molecule has 1 heterocycles. The van der Waals surface area contributed by atoms with Crippen molar-refractivity contribution < 1.29 is 9.21 Å². The number of primary amides is 1. The van der Waals surface area contributed by atoms with Gasteiger partial charge in [-0.1, -0.05) is 29.5 Å². The van der Waals surface area contributed by atoms with Gasteiger partial charge in [0.1, 0.15) is 0 Å². The van der Waals surface area contributed by atoms with E-state index in [1.54, 1.807) is 6.92 Å². The van der Waals surface area contributed by atoms with Gasteiger partial charge in [0, 0.05) is 5.56 Å². The fourth-order valence-corrected chi connectivity index (χ4v) is 2.00. The third kappa shape index (κ3) is 2.89. The molecule has 0 aliphatic heterocycles. The van der Waals surface area contributed by atoms with Gasteiger partial charge in [-0.25, -0.2) is 0 Å². The van der Waals surface area contributed by atoms with Crippen LogP contribution in [0.2, 0.25) is 0 Å². The van der Waals surface area contributed by atoms with Crippen LogP contribution in [0.5, 0.6) is 0 Å². The number of aromatic nitrogens is 2. The number of aryl methyl sites for hydroxylation is 1. The highest BCUT2D eigenvalue weighted by Gasteiger charge is 2.16. The molecule has 2 rings (SSSR count). The van der Waals surface area contributed by atoms with Crippen LogP contribution in [-0.4, -0.2) is 21.4 Å². The second kappa shape index (κ2) is 5.22. The minimum absolute atomic E-state index is 0.345. The van der Waals surface area contributed by atoms with E-state index in [0.717, 1.165) is 22.9 Å². The highest BCUT2D eigenvalue weighted by Crippen LogP contribution is 2.26. The van der Waals surface area contributed by atoms with E-state index in [0.29, 0.717) is 11.1 Å². The molecular formula is C12H13N3O2S. The number of hydrogen-bond acceptors (Lipinski definition) is 5. The third-order valence-corrected chi connectivity index (χ3v) is 3.30. The first-order valence-corrected chi connectivity index (χ1v) is 6.31. The van der Waals surface area contributed by atoms with Gasteiger partial charge < -0.3 is 10.2 Å². The summed E-state index contributed by atoms with van der Waals surface area (Å²) in [7, 11) is 0. The van der Waals surface area contributed by atoms with Crippen molar-refractivity contribution in [1.82, 2.24) is 10.2 Å². The molecule has 0 saturated heterocycles. The summed E-state index contributed by atoms with van der Waals surface area (Å²) in [5.41, 5.74) is 7.15. The maximum Gasteiger partial charge on any atom is 0.277 e. The molecule has 1 aromatic heterocycles. The average Bonchev–Trinajstić information content (AvgIpc) is 2.77. The third-order valence-electron chi connectivity index (χ3n) is 2.35. The molecule has 0 bridgehead atoms. The van der Waals surface area contributed by atoms with E-state index in [1.165, 1.54) is 0 Å². The van der Waals surface area contributed by atoms with Crippen LogP contribution in [0.3, 0.4) is 0 Å². The first-order chi connectivity index (χ1) is 8.56. The number of thioether (sulfide) groups is 1. The van der Waals surface area contributed by atoms with Crippen LogP contribution in [0.4, 0.5) is 0 Å². The summed E-state index contributed by atoms with van der Waals surface area (Å²) >= 11 is 1.16. The largest absolute Gasteiger partial charge is 0.411 e. The molecule has 2 N–H and O–H groups in total. The zero-order valence-electron chi connectivity index (χ0n) is 10.1. The van der Waals surface area contributed by atoms with Gasteiger partial charge in [0.2, 0.25) is 11.8 Å². The lowest BCUT2D eigenvalue weighted by Gasteiger charge is -2.01. The van der Waals surface area contributed by atoms with Crippen molar-refractivity contribution in [2.75, 3.05) is 0 Å². The van der Waals surface area contributed by atoms with Crippen LogP contribution in [0.25, 0.3) is 11.5 Å². The monoisotopic (exact) mass is 263 g/mol. The van der Waals surface area contributed by atoms with Gasteiger partial charge in [-0.2, -0.15) is 0 Å². The van der Waals surface area contributed by atoms with Crippen LogP contribution in [0.15, 0.2) is 33.9 Å². The van der Waals surface area contributed by atoms with E-state index in [4.69, 9.17) is 10.2 Å². The Balaban J connectivity index is 2.18. The van der Waals surface area contributed by atoms with Gasteiger partial charge in [0.25, 0.3) is 5.22 Å². The highest BCUT2D eigenvalue weighted by atomic mass is 32.2. The van der Waals surface area contributed by atoms with E-state index < -0.39 is 11.2 Å². The molecule has 0 fully saturated rings. The highest BCUT2D eigenvalue weighted by molar-refractivity contribution is 8.00. The number of carbonyl (C=O) groups excluding carboxylic acids is 1. The van der Waals surface area contributed by atoms with Crippen molar-refractivity contribution in [1.29, 1.82) is 0 Å². The molecule has 94 valence electrons. The number of nitrogens with zero attached hydrogens (tertiary/aromatic N) is 2. The fraction of sp³-hybridized carbons (Fsp3) is 0.250. The summed E-state index contributed by atoms with van der Waals surface area (Å²) in [6.07, 6.45) is 0. The van der Waals surface area contributed by atoms with Crippen molar-refractivity contribution >= 4 is 17.7 Å². The zero-order chi connectivity index (χ0) is 13.1. The average molecular weight is 263 g/mol. The van der Waals surface area contributed by atoms with E-state index in [-0.39, 0.29) is 0 Å². The fourth-order valence-electron chi connectivity index (χ4n) is 1.36. The van der Waals surface area contributed by atoms with Crippen LogP contribution >= 0.6 is 11.8 Å². The maximum absolute atomic E-state index is 10.9. The second-order valence-corrected chi connectivity index (χ2v) is 5.20. The summed E-state index contributed by atoms with van der Waals surface area (Å²) in [6.45, 7) is 3.69. The lowest BCUT2D eigenvalue weighted by Crippen LogP contribution is -2.22. The number of nitrogens with two attached hydrogens (primary N) is 1. The number of carbonyl (C=O) groups is 1. The van der Waals surface area contributed by atoms with Gasteiger partial charge in [0.05, 0.1) is 5.25 Å². The van der Waals surface area contributed by atoms with Crippen LogP contribution in [0, 0.1) is 6.92 Å². The van der Waals surface area contributed by atoms with Gasteiger partial charge in [-0.05, 0) is 26.0 Å². The number of benzene rings is 1. The lowest BCUT2D eigenvalue weighted by molar-refractivity contribution is -0.117. The molecule has 0 spiro atoms. The Hall–Kier alpha value is -1.82. The second-order valence-electron chi connectivity index (χ2n) is 3.91. The standard InChI is InChI=1S/C12H13N3O2S/c1-7-4-3-5-9(6-7)11-14-15-12(17-11)18-8(2)10(13)16/h3-6,8H,1-2H3,(H2,13,16)/t8-/m1/s1. The molecule has 1 atom stereocenters. The van der Waals surface area contributed by atoms with Crippen molar-refractivity contribution in [2.45, 2.75) is 24.3 Å². The van der Waals surface area contributed by atoms with E-state index in [2.05, 4.69) is 10.2 Å². The van der Waals surface area contributed by atoms with Crippen molar-refractivity contribution in [3.63, 3.8) is 0 Å². The Bertz CT molecular complexity index is 568. The molecule has 0 saturated carbocycles. The molecule has 1 amide bonds. The molecule has 0 radical (unpaired) electrons. The smallest absolute Gasteiger partial charge is 0.277 e. The maximum atomic E-state index is 10.9. The zero-order valence-corrected chi connectivity index (χ0v) is 10.9. The molecule has 0 aliphatic rings. The Morgan fingerprint density at radius 1 is 1.44 bits per heavy atom. The molecule has 1 aromatic carbocycles. The molecular weight excluding hydrogens is 250 g/mol. The van der Waals surface area contributed by atoms with Crippen LogP contribution < -0.4 is 5.73 Å². The Kier molecular flexibility index (Phi) is 3.66. The molecule has 0 unspecified atom stereocenters.